The standard InChI is InChI=1S/C18H33NO5/c1-4-7-9-21-11-13-23-15-16-24-14-12-22-10-8-19-18(20)17(5-2)6-3/h17H,5-6,8-16H2,1-3H3,(H,19,20). The molecule has 0 unspecified atom stereocenters. The lowest BCUT2D eigenvalue weighted by Gasteiger charge is -2.12. The molecule has 24 heavy (non-hydrogen) atoms. The number of hydrogen-bond acceptors (Lipinski definition) is 5. The van der Waals surface area contributed by atoms with E-state index in [4.69, 9.17) is 18.9 Å². The fraction of sp³-hybridized carbons (Fsp3) is 0.833. The van der Waals surface area contributed by atoms with Crippen LogP contribution < -0.4 is 5.32 Å². The van der Waals surface area contributed by atoms with Crippen LogP contribution in [-0.4, -0.2) is 65.3 Å². The summed E-state index contributed by atoms with van der Waals surface area (Å²) >= 11 is 0. The van der Waals surface area contributed by atoms with Crippen LogP contribution in [0.1, 0.15) is 33.6 Å². The van der Waals surface area contributed by atoms with Crippen LogP contribution in [0.4, 0.5) is 0 Å². The number of hydrogen-bond donors (Lipinski definition) is 1. The van der Waals surface area contributed by atoms with Gasteiger partial charge < -0.3 is 24.3 Å². The third-order valence-corrected chi connectivity index (χ3v) is 3.37. The average molecular weight is 343 g/mol. The Morgan fingerprint density at radius 3 is 1.88 bits per heavy atom. The largest absolute Gasteiger partial charge is 0.377 e. The molecule has 0 saturated heterocycles. The van der Waals surface area contributed by atoms with Crippen molar-refractivity contribution >= 4 is 5.91 Å². The van der Waals surface area contributed by atoms with Gasteiger partial charge in [0.25, 0.3) is 0 Å². The third-order valence-electron chi connectivity index (χ3n) is 3.37. The molecule has 0 aromatic rings. The maximum atomic E-state index is 11.7. The Morgan fingerprint density at radius 1 is 0.875 bits per heavy atom. The summed E-state index contributed by atoms with van der Waals surface area (Å²) in [6, 6.07) is 0. The first-order valence-electron chi connectivity index (χ1n) is 8.74. The lowest BCUT2D eigenvalue weighted by Crippen LogP contribution is -2.32. The van der Waals surface area contributed by atoms with Crippen molar-refractivity contribution in [1.29, 1.82) is 0 Å². The summed E-state index contributed by atoms with van der Waals surface area (Å²) in [4.78, 5) is 11.7. The molecule has 0 aliphatic carbocycles. The van der Waals surface area contributed by atoms with Crippen LogP contribution in [0.25, 0.3) is 0 Å². The van der Waals surface area contributed by atoms with Gasteiger partial charge in [-0.15, -0.1) is 5.92 Å². The van der Waals surface area contributed by atoms with Gasteiger partial charge in [0, 0.05) is 12.5 Å². The molecule has 0 saturated carbocycles. The van der Waals surface area contributed by atoms with Crippen LogP contribution in [0.5, 0.6) is 0 Å². The van der Waals surface area contributed by atoms with Crippen LogP contribution in [0.3, 0.4) is 0 Å². The molecule has 6 heteroatoms. The Bertz CT molecular complexity index is 347. The van der Waals surface area contributed by atoms with Crippen molar-refractivity contribution in [2.45, 2.75) is 33.6 Å². The van der Waals surface area contributed by atoms with Crippen LogP contribution in [-0.2, 0) is 23.7 Å². The van der Waals surface area contributed by atoms with Crippen molar-refractivity contribution in [2.75, 3.05) is 59.4 Å². The highest BCUT2D eigenvalue weighted by Gasteiger charge is 2.12. The van der Waals surface area contributed by atoms with Gasteiger partial charge in [-0.3, -0.25) is 4.79 Å². The molecule has 0 aliphatic heterocycles. The molecule has 0 atom stereocenters. The Balaban J connectivity index is 3.20. The molecule has 0 bridgehead atoms. The number of carbonyl (C=O) groups is 1. The van der Waals surface area contributed by atoms with Crippen LogP contribution in [0.15, 0.2) is 0 Å². The lowest BCUT2D eigenvalue weighted by molar-refractivity contribution is -0.125. The topological polar surface area (TPSA) is 66.0 Å². The molecule has 140 valence electrons. The summed E-state index contributed by atoms with van der Waals surface area (Å²) in [6.07, 6.45) is 1.75. The zero-order valence-electron chi connectivity index (χ0n) is 15.4. The van der Waals surface area contributed by atoms with E-state index in [1.54, 1.807) is 6.92 Å². The van der Waals surface area contributed by atoms with Crippen molar-refractivity contribution in [3.8, 4) is 11.8 Å². The molecular formula is C18H33NO5. The van der Waals surface area contributed by atoms with E-state index in [1.165, 1.54) is 0 Å². The van der Waals surface area contributed by atoms with E-state index >= 15 is 0 Å². The van der Waals surface area contributed by atoms with E-state index < -0.39 is 0 Å². The number of carbonyl (C=O) groups excluding carboxylic acids is 1. The predicted octanol–water partition coefficient (Wildman–Crippen LogP) is 1.63. The first-order chi connectivity index (χ1) is 11.8. The summed E-state index contributed by atoms with van der Waals surface area (Å²) in [5.41, 5.74) is 0. The molecule has 0 aliphatic rings. The van der Waals surface area contributed by atoms with E-state index in [2.05, 4.69) is 17.2 Å². The minimum Gasteiger partial charge on any atom is -0.377 e. The molecule has 0 aromatic heterocycles. The zero-order chi connectivity index (χ0) is 17.9. The molecule has 1 N–H and O–H groups in total. The Morgan fingerprint density at radius 2 is 1.38 bits per heavy atom. The fourth-order valence-electron chi connectivity index (χ4n) is 1.91. The van der Waals surface area contributed by atoms with Crippen molar-refractivity contribution in [2.24, 2.45) is 5.92 Å². The van der Waals surface area contributed by atoms with Crippen molar-refractivity contribution in [1.82, 2.24) is 5.32 Å². The van der Waals surface area contributed by atoms with Gasteiger partial charge >= 0.3 is 0 Å². The quantitative estimate of drug-likeness (QED) is 0.341. The summed E-state index contributed by atoms with van der Waals surface area (Å²) in [5.74, 6) is 5.80. The number of ether oxygens (including phenoxy) is 4. The predicted molar refractivity (Wildman–Crippen MR) is 93.8 cm³/mol. The molecule has 0 fully saturated rings. The minimum absolute atomic E-state index is 0.110. The Labute approximate surface area is 146 Å². The average Bonchev–Trinajstić information content (AvgIpc) is 2.59. The maximum Gasteiger partial charge on any atom is 0.223 e. The van der Waals surface area contributed by atoms with Crippen molar-refractivity contribution in [3.05, 3.63) is 0 Å². The molecular weight excluding hydrogens is 310 g/mol. The number of nitrogens with one attached hydrogen (secondary N) is 1. The van der Waals surface area contributed by atoms with Gasteiger partial charge in [0.2, 0.25) is 5.91 Å². The lowest BCUT2D eigenvalue weighted by atomic mass is 10.0. The molecule has 0 rings (SSSR count). The normalized spacial score (nSPS) is 10.5. The zero-order valence-corrected chi connectivity index (χ0v) is 15.4. The van der Waals surface area contributed by atoms with E-state index in [-0.39, 0.29) is 11.8 Å². The molecule has 0 aromatic carbocycles. The van der Waals surface area contributed by atoms with Crippen LogP contribution in [0.2, 0.25) is 0 Å². The fourth-order valence-corrected chi connectivity index (χ4v) is 1.91. The second-order valence-electron chi connectivity index (χ2n) is 5.12. The third kappa shape index (κ3) is 14.5. The number of amides is 1. The molecule has 0 spiro atoms. The first kappa shape index (κ1) is 22.9. The minimum atomic E-state index is 0.110. The van der Waals surface area contributed by atoms with Crippen LogP contribution >= 0.6 is 0 Å². The van der Waals surface area contributed by atoms with Crippen molar-refractivity contribution in [3.63, 3.8) is 0 Å². The Hall–Kier alpha value is -1.13. The van der Waals surface area contributed by atoms with Gasteiger partial charge in [-0.05, 0) is 19.8 Å². The van der Waals surface area contributed by atoms with Gasteiger partial charge in [-0.1, -0.05) is 19.8 Å². The highest BCUT2D eigenvalue weighted by atomic mass is 16.6. The summed E-state index contributed by atoms with van der Waals surface area (Å²) in [6.45, 7) is 10.5. The van der Waals surface area contributed by atoms with E-state index in [9.17, 15) is 4.79 Å². The summed E-state index contributed by atoms with van der Waals surface area (Å²) < 4.78 is 21.3. The van der Waals surface area contributed by atoms with Gasteiger partial charge in [0.05, 0.1) is 46.2 Å². The second-order valence-corrected chi connectivity index (χ2v) is 5.12. The molecule has 0 heterocycles. The monoisotopic (exact) mass is 343 g/mol. The van der Waals surface area contributed by atoms with Gasteiger partial charge in [0.15, 0.2) is 0 Å². The number of rotatable bonds is 16. The summed E-state index contributed by atoms with van der Waals surface area (Å²) in [5, 5.41) is 2.88. The smallest absolute Gasteiger partial charge is 0.223 e. The van der Waals surface area contributed by atoms with Gasteiger partial charge in [-0.2, -0.15) is 0 Å². The van der Waals surface area contributed by atoms with Crippen molar-refractivity contribution < 1.29 is 23.7 Å². The molecule has 0 radical (unpaired) electrons. The summed E-state index contributed by atoms with van der Waals surface area (Å²) in [7, 11) is 0. The highest BCUT2D eigenvalue weighted by Crippen LogP contribution is 2.06. The Kier molecular flexibility index (Phi) is 17.4. The van der Waals surface area contributed by atoms with Gasteiger partial charge in [-0.25, -0.2) is 0 Å². The van der Waals surface area contributed by atoms with E-state index in [0.29, 0.717) is 59.4 Å². The van der Waals surface area contributed by atoms with Gasteiger partial charge in [0.1, 0.15) is 6.61 Å². The van der Waals surface area contributed by atoms with Crippen LogP contribution in [0, 0.1) is 17.8 Å². The second kappa shape index (κ2) is 18.2. The molecule has 1 amide bonds. The van der Waals surface area contributed by atoms with E-state index in [1.807, 2.05) is 13.8 Å². The maximum absolute atomic E-state index is 11.7. The SMILES string of the molecule is CC#CCOCCOCCOCCOCCNC(=O)C(CC)CC. The highest BCUT2D eigenvalue weighted by molar-refractivity contribution is 5.78. The first-order valence-corrected chi connectivity index (χ1v) is 8.74. The molecule has 6 nitrogen and oxygen atoms in total. The van der Waals surface area contributed by atoms with E-state index in [0.717, 1.165) is 12.8 Å².